The quantitative estimate of drug-likeness (QED) is 0.504. The van der Waals surface area contributed by atoms with Crippen LogP contribution in [0.1, 0.15) is 24.0 Å². The molecule has 3 heterocycles. The molecular weight excluding hydrogens is 376 g/mol. The van der Waals surface area contributed by atoms with Crippen molar-refractivity contribution in [1.82, 2.24) is 25.0 Å². The Bertz CT molecular complexity index is 1120. The first-order valence-electron chi connectivity index (χ1n) is 7.93. The molecule has 4 aromatic rings. The Morgan fingerprint density at radius 2 is 2.04 bits per heavy atom. The largest absolute Gasteiger partial charge is 0.344 e. The van der Waals surface area contributed by atoms with Crippen molar-refractivity contribution in [2.24, 2.45) is 7.05 Å². The zero-order valence-electron chi connectivity index (χ0n) is 14.0. The molecule has 5 nitrogen and oxygen atoms in total. The average Bonchev–Trinajstić information content (AvgIpc) is 3.24. The highest BCUT2D eigenvalue weighted by Crippen LogP contribution is 2.39. The molecule has 0 bridgehead atoms. The summed E-state index contributed by atoms with van der Waals surface area (Å²) in [5.74, 6) is -0.723. The normalized spacial score (nSPS) is 12.7. The van der Waals surface area contributed by atoms with Crippen LogP contribution in [-0.4, -0.2) is 25.0 Å². The highest BCUT2D eigenvalue weighted by Gasteiger charge is 2.22. The van der Waals surface area contributed by atoms with E-state index in [4.69, 9.17) is 23.2 Å². The molecule has 0 fully saturated rings. The maximum absolute atomic E-state index is 13.9. The molecule has 0 aliphatic rings. The molecule has 0 saturated carbocycles. The number of rotatable bonds is 3. The van der Waals surface area contributed by atoms with E-state index in [1.807, 2.05) is 32.4 Å². The van der Waals surface area contributed by atoms with Gasteiger partial charge in [0, 0.05) is 41.3 Å². The molecule has 4 rings (SSSR count). The van der Waals surface area contributed by atoms with Gasteiger partial charge in [-0.25, -0.2) is 4.39 Å². The Kier molecular flexibility index (Phi) is 4.17. The number of benzene rings is 1. The summed E-state index contributed by atoms with van der Waals surface area (Å²) in [6.45, 7) is 1.93. The number of nitrogens with one attached hydrogen (secondary N) is 1. The number of aromatic amines is 1. The molecule has 1 aromatic carbocycles. The van der Waals surface area contributed by atoms with E-state index < -0.39 is 5.82 Å². The molecular formula is C18H14Cl2FN5. The highest BCUT2D eigenvalue weighted by atomic mass is 35.5. The van der Waals surface area contributed by atoms with Gasteiger partial charge in [0.1, 0.15) is 5.82 Å². The molecule has 26 heavy (non-hydrogen) atoms. The molecule has 8 heteroatoms. The highest BCUT2D eigenvalue weighted by molar-refractivity contribution is 6.36. The molecule has 0 radical (unpaired) electrons. The Morgan fingerprint density at radius 1 is 1.23 bits per heavy atom. The number of fused-ring (bicyclic) bond motifs is 1. The van der Waals surface area contributed by atoms with Gasteiger partial charge in [0.25, 0.3) is 0 Å². The lowest BCUT2D eigenvalue weighted by atomic mass is 9.93. The average molecular weight is 390 g/mol. The molecule has 0 aliphatic heterocycles. The number of nitrogens with zero attached hydrogens (tertiary/aromatic N) is 4. The van der Waals surface area contributed by atoms with Crippen LogP contribution < -0.4 is 0 Å². The smallest absolute Gasteiger partial charge is 0.160 e. The summed E-state index contributed by atoms with van der Waals surface area (Å²) in [5, 5.41) is 14.0. The fourth-order valence-corrected chi connectivity index (χ4v) is 3.79. The van der Waals surface area contributed by atoms with Crippen LogP contribution in [-0.2, 0) is 7.05 Å². The van der Waals surface area contributed by atoms with Gasteiger partial charge >= 0.3 is 0 Å². The van der Waals surface area contributed by atoms with Gasteiger partial charge in [-0.2, -0.15) is 5.10 Å². The maximum atomic E-state index is 13.9. The van der Waals surface area contributed by atoms with Gasteiger partial charge in [-0.3, -0.25) is 4.68 Å². The van der Waals surface area contributed by atoms with E-state index >= 15 is 0 Å². The summed E-state index contributed by atoms with van der Waals surface area (Å²) >= 11 is 12.5. The second-order valence-electron chi connectivity index (χ2n) is 6.12. The van der Waals surface area contributed by atoms with Gasteiger partial charge in [-0.1, -0.05) is 30.1 Å². The van der Waals surface area contributed by atoms with E-state index in [1.54, 1.807) is 10.9 Å². The van der Waals surface area contributed by atoms with E-state index in [0.29, 0.717) is 21.9 Å². The van der Waals surface area contributed by atoms with E-state index in [0.717, 1.165) is 16.5 Å². The summed E-state index contributed by atoms with van der Waals surface area (Å²) in [7, 11) is 1.84. The minimum Gasteiger partial charge on any atom is -0.344 e. The second-order valence-corrected chi connectivity index (χ2v) is 6.90. The number of H-pyrrole nitrogens is 1. The Hall–Kier alpha value is -2.44. The van der Waals surface area contributed by atoms with Crippen molar-refractivity contribution in [3.05, 3.63) is 63.8 Å². The molecule has 0 aliphatic carbocycles. The summed E-state index contributed by atoms with van der Waals surface area (Å²) in [5.41, 5.74) is 3.67. The number of hydrogen-bond acceptors (Lipinski definition) is 3. The SMILES string of the molecule is CC(c1c(Cl)ccc(F)c1Cl)c1c[nH]c2nnc(-c3cnn(C)c3)cc12. The number of aromatic nitrogens is 5. The summed E-state index contributed by atoms with van der Waals surface area (Å²) in [6.07, 6.45) is 5.42. The summed E-state index contributed by atoms with van der Waals surface area (Å²) in [6, 6.07) is 4.72. The van der Waals surface area contributed by atoms with Crippen molar-refractivity contribution < 1.29 is 4.39 Å². The number of aryl methyl sites for hydroxylation is 1. The van der Waals surface area contributed by atoms with Crippen molar-refractivity contribution in [2.45, 2.75) is 12.8 Å². The topological polar surface area (TPSA) is 59.4 Å². The first kappa shape index (κ1) is 17.0. The Labute approximate surface area is 158 Å². The van der Waals surface area contributed by atoms with Crippen LogP contribution in [0.3, 0.4) is 0 Å². The van der Waals surface area contributed by atoms with Gasteiger partial charge in [-0.05, 0) is 29.3 Å². The maximum Gasteiger partial charge on any atom is 0.160 e. The molecule has 1 unspecified atom stereocenters. The lowest BCUT2D eigenvalue weighted by Crippen LogP contribution is -1.99. The molecule has 3 aromatic heterocycles. The molecule has 0 spiro atoms. The zero-order chi connectivity index (χ0) is 18.4. The third-order valence-corrected chi connectivity index (χ3v) is 5.16. The fourth-order valence-electron chi connectivity index (χ4n) is 3.09. The van der Waals surface area contributed by atoms with E-state index in [9.17, 15) is 4.39 Å². The lowest BCUT2D eigenvalue weighted by molar-refractivity contribution is 0.625. The van der Waals surface area contributed by atoms with E-state index in [-0.39, 0.29) is 10.9 Å². The van der Waals surface area contributed by atoms with Gasteiger partial charge < -0.3 is 4.98 Å². The van der Waals surface area contributed by atoms with Crippen molar-refractivity contribution >= 4 is 34.2 Å². The number of hydrogen-bond donors (Lipinski definition) is 1. The molecule has 0 amide bonds. The van der Waals surface area contributed by atoms with Crippen molar-refractivity contribution in [3.8, 4) is 11.3 Å². The monoisotopic (exact) mass is 389 g/mol. The zero-order valence-corrected chi connectivity index (χ0v) is 15.5. The predicted octanol–water partition coefficient (Wildman–Crippen LogP) is 4.96. The fraction of sp³-hybridized carbons (Fsp3) is 0.167. The van der Waals surface area contributed by atoms with Gasteiger partial charge in [-0.15, -0.1) is 10.2 Å². The summed E-state index contributed by atoms with van der Waals surface area (Å²) < 4.78 is 15.6. The van der Waals surface area contributed by atoms with Crippen LogP contribution in [0.2, 0.25) is 10.0 Å². The third kappa shape index (κ3) is 2.75. The van der Waals surface area contributed by atoms with Gasteiger partial charge in [0.05, 0.1) is 16.9 Å². The minimum atomic E-state index is -0.492. The van der Waals surface area contributed by atoms with Crippen LogP contribution in [0.4, 0.5) is 4.39 Å². The third-order valence-electron chi connectivity index (χ3n) is 4.45. The van der Waals surface area contributed by atoms with E-state index in [1.165, 1.54) is 12.1 Å². The van der Waals surface area contributed by atoms with Crippen LogP contribution in [0, 0.1) is 5.82 Å². The van der Waals surface area contributed by atoms with Crippen LogP contribution >= 0.6 is 23.2 Å². The van der Waals surface area contributed by atoms with Gasteiger partial charge in [0.2, 0.25) is 0 Å². The van der Waals surface area contributed by atoms with Crippen molar-refractivity contribution in [2.75, 3.05) is 0 Å². The van der Waals surface area contributed by atoms with E-state index in [2.05, 4.69) is 20.3 Å². The second kappa shape index (κ2) is 6.37. The lowest BCUT2D eigenvalue weighted by Gasteiger charge is -2.15. The van der Waals surface area contributed by atoms with Crippen molar-refractivity contribution in [3.63, 3.8) is 0 Å². The minimum absolute atomic E-state index is 0.0360. The Balaban J connectivity index is 1.86. The number of halogens is 3. The predicted molar refractivity (Wildman–Crippen MR) is 100 cm³/mol. The van der Waals surface area contributed by atoms with Crippen molar-refractivity contribution in [1.29, 1.82) is 0 Å². The molecule has 132 valence electrons. The summed E-state index contributed by atoms with van der Waals surface area (Å²) in [4.78, 5) is 3.10. The van der Waals surface area contributed by atoms with Gasteiger partial charge in [0.15, 0.2) is 5.65 Å². The van der Waals surface area contributed by atoms with Crippen LogP contribution in [0.15, 0.2) is 36.8 Å². The molecule has 1 N–H and O–H groups in total. The standard InChI is InChI=1S/C18H14Cl2FN5/c1-9(16-13(19)3-4-14(21)17(16)20)12-7-22-18-11(12)5-15(24-25-18)10-6-23-26(2)8-10/h3-9H,1-2H3,(H,22,25). The Morgan fingerprint density at radius 3 is 2.77 bits per heavy atom. The van der Waals surface area contributed by atoms with Crippen LogP contribution in [0.5, 0.6) is 0 Å². The molecule has 0 saturated heterocycles. The first-order chi connectivity index (χ1) is 12.5. The molecule has 1 atom stereocenters. The first-order valence-corrected chi connectivity index (χ1v) is 8.68. The van der Waals surface area contributed by atoms with Crippen LogP contribution in [0.25, 0.3) is 22.3 Å².